The van der Waals surface area contributed by atoms with Gasteiger partial charge in [-0.05, 0) is 48.3 Å². The molecule has 0 amide bonds. The van der Waals surface area contributed by atoms with Crippen LogP contribution in [0.25, 0.3) is 55.2 Å². The number of hydrogen-bond acceptors (Lipinski definition) is 4. The van der Waals surface area contributed by atoms with Crippen molar-refractivity contribution in [3.05, 3.63) is 126 Å². The van der Waals surface area contributed by atoms with E-state index in [0.717, 1.165) is 55.2 Å². The predicted octanol–water partition coefficient (Wildman–Crippen LogP) is 8.47. The number of benzene rings is 3. The Morgan fingerprint density at radius 1 is 0.692 bits per heavy atom. The first kappa shape index (κ1) is 26.4. The number of furan rings is 1. The molecule has 0 N–H and O–H groups in total. The molecule has 7 aromatic rings. The minimum absolute atomic E-state index is 0. The quantitative estimate of drug-likeness (QED) is 0.172. The van der Waals surface area contributed by atoms with Gasteiger partial charge < -0.3 is 14.4 Å². The van der Waals surface area contributed by atoms with Crippen LogP contribution in [0.15, 0.2) is 102 Å². The second-order valence-corrected chi connectivity index (χ2v) is 9.39. The summed E-state index contributed by atoms with van der Waals surface area (Å²) in [6.07, 6.45) is 7.34. The number of rotatable bonds is 2. The van der Waals surface area contributed by atoms with Gasteiger partial charge in [0.05, 0.1) is 5.58 Å². The van der Waals surface area contributed by atoms with E-state index in [9.17, 15) is 0 Å². The van der Waals surface area contributed by atoms with E-state index >= 15 is 0 Å². The fourth-order valence-corrected chi connectivity index (χ4v) is 4.50. The molecule has 0 spiro atoms. The first-order valence-corrected chi connectivity index (χ1v) is 12.5. The van der Waals surface area contributed by atoms with Gasteiger partial charge >= 0.3 is 0 Å². The Hall–Kier alpha value is -4.18. The van der Waals surface area contributed by atoms with Crippen molar-refractivity contribution in [2.45, 2.75) is 20.8 Å². The van der Waals surface area contributed by atoms with Crippen molar-refractivity contribution in [1.82, 2.24) is 15.0 Å². The fraction of sp³-hybridized carbons (Fsp3) is 0.0882. The molecule has 4 aromatic heterocycles. The van der Waals surface area contributed by atoms with Crippen LogP contribution in [0.1, 0.15) is 16.7 Å². The van der Waals surface area contributed by atoms with Crippen LogP contribution < -0.4 is 0 Å². The topological polar surface area (TPSA) is 51.8 Å². The molecule has 39 heavy (non-hydrogen) atoms. The van der Waals surface area contributed by atoms with Gasteiger partial charge in [0.1, 0.15) is 5.58 Å². The maximum atomic E-state index is 6.24. The second kappa shape index (κ2) is 11.3. The van der Waals surface area contributed by atoms with Crippen LogP contribution in [0.5, 0.6) is 0 Å². The summed E-state index contributed by atoms with van der Waals surface area (Å²) in [5.41, 5.74) is 9.21. The minimum atomic E-state index is 0. The van der Waals surface area contributed by atoms with E-state index in [1.807, 2.05) is 54.9 Å². The Bertz CT molecular complexity index is 1890. The van der Waals surface area contributed by atoms with Crippen LogP contribution in [0.3, 0.4) is 0 Å². The van der Waals surface area contributed by atoms with E-state index < -0.39 is 0 Å². The smallest absolute Gasteiger partial charge is 0.130 e. The van der Waals surface area contributed by atoms with Gasteiger partial charge in [0, 0.05) is 55.7 Å². The van der Waals surface area contributed by atoms with Crippen LogP contribution in [0, 0.1) is 32.9 Å². The molecule has 5 heteroatoms. The summed E-state index contributed by atoms with van der Waals surface area (Å²) < 4.78 is 6.24. The summed E-state index contributed by atoms with van der Waals surface area (Å²) in [5.74, 6) is 0. The van der Waals surface area contributed by atoms with Crippen LogP contribution >= 0.6 is 0 Å². The van der Waals surface area contributed by atoms with Crippen LogP contribution in [-0.4, -0.2) is 15.0 Å². The molecule has 4 nitrogen and oxygen atoms in total. The fourth-order valence-electron chi connectivity index (χ4n) is 4.50. The second-order valence-electron chi connectivity index (χ2n) is 9.39. The number of hydrogen-bond donors (Lipinski definition) is 0. The van der Waals surface area contributed by atoms with E-state index in [2.05, 4.69) is 78.2 Å². The van der Waals surface area contributed by atoms with Gasteiger partial charge in [0.15, 0.2) is 0 Å². The molecule has 1 radical (unpaired) electrons. The van der Waals surface area contributed by atoms with Crippen LogP contribution in [0.2, 0.25) is 0 Å². The molecule has 0 aliphatic heterocycles. The van der Waals surface area contributed by atoms with Gasteiger partial charge in [-0.3, -0.25) is 4.98 Å². The van der Waals surface area contributed by atoms with Crippen molar-refractivity contribution < 1.29 is 24.5 Å². The summed E-state index contributed by atoms with van der Waals surface area (Å²) >= 11 is 0. The van der Waals surface area contributed by atoms with Crippen LogP contribution in [0.4, 0.5) is 0 Å². The van der Waals surface area contributed by atoms with E-state index in [0.29, 0.717) is 0 Å². The number of aryl methyl sites for hydroxylation is 3. The molecule has 4 heterocycles. The van der Waals surface area contributed by atoms with Crippen molar-refractivity contribution in [3.8, 4) is 22.5 Å². The molecule has 0 saturated carbocycles. The SMILES string of the molecule is Cc1c[c-]c(-c2cc(C)c(C)cn2)cc1.[Ir].[c-]1ccc2c(oc3c4cnccc4ccc23)c1-c1ccccn1. The van der Waals surface area contributed by atoms with Crippen molar-refractivity contribution >= 4 is 32.7 Å². The molecular formula is C34H25IrN3O-2. The van der Waals surface area contributed by atoms with Gasteiger partial charge in [-0.25, -0.2) is 0 Å². The molecule has 0 unspecified atom stereocenters. The van der Waals surface area contributed by atoms with Gasteiger partial charge in [0.25, 0.3) is 0 Å². The molecule has 0 atom stereocenters. The third kappa shape index (κ3) is 5.24. The number of aromatic nitrogens is 3. The van der Waals surface area contributed by atoms with Crippen molar-refractivity contribution in [2.75, 3.05) is 0 Å². The van der Waals surface area contributed by atoms with Crippen molar-refractivity contribution in [3.63, 3.8) is 0 Å². The maximum Gasteiger partial charge on any atom is 0.130 e. The first-order chi connectivity index (χ1) is 18.6. The molecule has 193 valence electrons. The van der Waals surface area contributed by atoms with Gasteiger partial charge in [-0.2, -0.15) is 0 Å². The van der Waals surface area contributed by atoms with E-state index in [1.54, 1.807) is 12.4 Å². The average Bonchev–Trinajstić information content (AvgIpc) is 3.35. The predicted molar refractivity (Wildman–Crippen MR) is 154 cm³/mol. The molecule has 0 aliphatic rings. The molecule has 0 aliphatic carbocycles. The average molecular weight is 684 g/mol. The van der Waals surface area contributed by atoms with Crippen molar-refractivity contribution in [1.29, 1.82) is 0 Å². The zero-order valence-corrected chi connectivity index (χ0v) is 24.2. The normalized spacial score (nSPS) is 10.7. The Morgan fingerprint density at radius 2 is 1.56 bits per heavy atom. The minimum Gasteiger partial charge on any atom is -0.500 e. The Labute approximate surface area is 241 Å². The first-order valence-electron chi connectivity index (χ1n) is 12.5. The van der Waals surface area contributed by atoms with Crippen LogP contribution in [-0.2, 0) is 20.1 Å². The Balaban J connectivity index is 0.000000169. The van der Waals surface area contributed by atoms with Gasteiger partial charge in [0.2, 0.25) is 0 Å². The largest absolute Gasteiger partial charge is 0.500 e. The molecule has 0 saturated heterocycles. The third-order valence-electron chi connectivity index (χ3n) is 6.75. The summed E-state index contributed by atoms with van der Waals surface area (Å²) in [7, 11) is 0. The Morgan fingerprint density at radius 3 is 2.33 bits per heavy atom. The van der Waals surface area contributed by atoms with Gasteiger partial charge in [-0.1, -0.05) is 53.8 Å². The maximum absolute atomic E-state index is 6.24. The molecule has 0 bridgehead atoms. The summed E-state index contributed by atoms with van der Waals surface area (Å²) in [6.45, 7) is 6.24. The van der Waals surface area contributed by atoms with E-state index in [-0.39, 0.29) is 20.1 Å². The molecular weight excluding hydrogens is 659 g/mol. The molecule has 7 rings (SSSR count). The number of pyridine rings is 3. The Kier molecular flexibility index (Phi) is 7.65. The molecule has 0 fully saturated rings. The summed E-state index contributed by atoms with van der Waals surface area (Å²) in [5, 5.41) is 4.31. The molecule has 3 aromatic carbocycles. The number of nitrogens with zero attached hydrogens (tertiary/aromatic N) is 3. The summed E-state index contributed by atoms with van der Waals surface area (Å²) in [4.78, 5) is 13.1. The van der Waals surface area contributed by atoms with Gasteiger partial charge in [-0.15, -0.1) is 53.6 Å². The standard InChI is InChI=1S/C20H11N2O.C14H14N.Ir/c1-2-10-22-18(6-1)16-5-3-4-14-15-8-7-13-9-11-21-12-17(13)20(15)23-19(14)16;1-10-4-6-13(7-5-10)14-8-11(2)12(3)9-15-14;/h1-4,6-12H;4-6,8-9H,1-3H3;/q2*-1;. The van der Waals surface area contributed by atoms with E-state index in [4.69, 9.17) is 4.42 Å². The monoisotopic (exact) mass is 684 g/mol. The number of fused-ring (bicyclic) bond motifs is 5. The summed E-state index contributed by atoms with van der Waals surface area (Å²) in [6, 6.07) is 30.8. The van der Waals surface area contributed by atoms with Crippen molar-refractivity contribution in [2.24, 2.45) is 0 Å². The third-order valence-corrected chi connectivity index (χ3v) is 6.75. The zero-order valence-electron chi connectivity index (χ0n) is 21.8. The van der Waals surface area contributed by atoms with E-state index in [1.165, 1.54) is 16.7 Å². The zero-order chi connectivity index (χ0) is 26.1.